The molecule has 21 heavy (non-hydrogen) atoms. The van der Waals surface area contributed by atoms with Gasteiger partial charge >= 0.3 is 0 Å². The van der Waals surface area contributed by atoms with Crippen LogP contribution < -0.4 is 4.74 Å². The van der Waals surface area contributed by atoms with E-state index in [1.807, 2.05) is 30.3 Å². The summed E-state index contributed by atoms with van der Waals surface area (Å²) in [5.41, 5.74) is 0.691. The molecule has 0 radical (unpaired) electrons. The van der Waals surface area contributed by atoms with Crippen LogP contribution in [-0.2, 0) is 11.2 Å². The van der Waals surface area contributed by atoms with E-state index in [2.05, 4.69) is 15.9 Å². The van der Waals surface area contributed by atoms with Crippen LogP contribution in [0.3, 0.4) is 0 Å². The molecular formula is C16H15BrO3S. The van der Waals surface area contributed by atoms with Crippen molar-refractivity contribution in [2.24, 2.45) is 0 Å². The third-order valence-corrected chi connectivity index (χ3v) is 5.81. The van der Waals surface area contributed by atoms with E-state index in [1.165, 1.54) is 0 Å². The molecule has 0 amide bonds. The van der Waals surface area contributed by atoms with Crippen molar-refractivity contribution < 1.29 is 14.4 Å². The minimum atomic E-state index is -1.26. The maximum absolute atomic E-state index is 12.6. The second kappa shape index (κ2) is 6.40. The molecule has 110 valence electrons. The Labute approximate surface area is 135 Å². The largest absolute Gasteiger partial charge is 0.606 e. The number of aliphatic hydroxyl groups is 1. The fourth-order valence-electron chi connectivity index (χ4n) is 2.32. The van der Waals surface area contributed by atoms with Crippen LogP contribution >= 0.6 is 15.9 Å². The van der Waals surface area contributed by atoms with Crippen LogP contribution in [-0.4, -0.2) is 21.1 Å². The zero-order valence-electron chi connectivity index (χ0n) is 11.2. The monoisotopic (exact) mass is 366 g/mol. The van der Waals surface area contributed by atoms with E-state index in [1.54, 1.807) is 18.2 Å². The minimum Gasteiger partial charge on any atom is -0.606 e. The van der Waals surface area contributed by atoms with Gasteiger partial charge < -0.3 is 14.4 Å². The van der Waals surface area contributed by atoms with Crippen molar-refractivity contribution in [1.29, 1.82) is 0 Å². The first-order valence-electron chi connectivity index (χ1n) is 6.72. The second-order valence-corrected chi connectivity index (χ2v) is 7.54. The van der Waals surface area contributed by atoms with E-state index in [9.17, 15) is 9.66 Å². The lowest BCUT2D eigenvalue weighted by Crippen LogP contribution is -2.11. The summed E-state index contributed by atoms with van der Waals surface area (Å²) < 4.78 is 18.2. The molecule has 2 aromatic rings. The van der Waals surface area contributed by atoms with Gasteiger partial charge in [-0.1, -0.05) is 34.1 Å². The Balaban J connectivity index is 1.97. The standard InChI is InChI=1S/C16H15BrO3S/c17-14-8-9-20-15-7-6-12(10-13(15)16(14)18)21(19)11-4-2-1-3-5-11/h1-7,10,14,16,18H,8-9H2/t14-,16-,21?/m1/s1. The number of ether oxygens (including phenoxy) is 1. The molecule has 3 rings (SSSR count). The molecule has 0 aromatic heterocycles. The molecular weight excluding hydrogens is 352 g/mol. The average Bonchev–Trinajstić information content (AvgIpc) is 2.67. The van der Waals surface area contributed by atoms with Gasteiger partial charge in [0.2, 0.25) is 0 Å². The number of hydrogen-bond donors (Lipinski definition) is 1. The summed E-state index contributed by atoms with van der Waals surface area (Å²) in [7, 11) is 0. The van der Waals surface area contributed by atoms with Crippen molar-refractivity contribution in [3.8, 4) is 5.75 Å². The third-order valence-electron chi connectivity index (χ3n) is 3.47. The molecule has 2 aromatic carbocycles. The summed E-state index contributed by atoms with van der Waals surface area (Å²) >= 11 is 2.22. The fourth-order valence-corrected chi connectivity index (χ4v) is 3.89. The lowest BCUT2D eigenvalue weighted by Gasteiger charge is -2.16. The molecule has 0 fully saturated rings. The summed E-state index contributed by atoms with van der Waals surface area (Å²) in [5, 5.41) is 10.4. The first-order chi connectivity index (χ1) is 10.2. The third kappa shape index (κ3) is 3.11. The van der Waals surface area contributed by atoms with Crippen LogP contribution in [0.1, 0.15) is 18.1 Å². The molecule has 0 bridgehead atoms. The van der Waals surface area contributed by atoms with Gasteiger partial charge in [-0.15, -0.1) is 0 Å². The molecule has 0 saturated heterocycles. The van der Waals surface area contributed by atoms with Crippen LogP contribution in [0.4, 0.5) is 0 Å². The Bertz CT molecular complexity index is 620. The van der Waals surface area contributed by atoms with Crippen LogP contribution in [0.15, 0.2) is 58.3 Å². The highest BCUT2D eigenvalue weighted by Crippen LogP contribution is 2.37. The lowest BCUT2D eigenvalue weighted by atomic mass is 10.1. The Morgan fingerprint density at radius 3 is 2.67 bits per heavy atom. The molecule has 3 atom stereocenters. The Hall–Kier alpha value is -1.01. The molecule has 1 N–H and O–H groups in total. The van der Waals surface area contributed by atoms with Gasteiger partial charge in [0.15, 0.2) is 9.79 Å². The van der Waals surface area contributed by atoms with Gasteiger partial charge in [0, 0.05) is 27.6 Å². The van der Waals surface area contributed by atoms with Crippen LogP contribution in [0.2, 0.25) is 0 Å². The molecule has 1 unspecified atom stereocenters. The summed E-state index contributed by atoms with van der Waals surface area (Å²) in [6.07, 6.45) is 0.0719. The van der Waals surface area contributed by atoms with Crippen molar-refractivity contribution >= 4 is 27.1 Å². The molecule has 0 saturated carbocycles. The van der Waals surface area contributed by atoms with Crippen LogP contribution in [0, 0.1) is 0 Å². The number of fused-ring (bicyclic) bond motifs is 1. The SMILES string of the molecule is [O-][S+](c1ccccc1)c1ccc2c(c1)[C@@H](O)[C@H](Br)CCO2. The number of hydrogen-bond acceptors (Lipinski definition) is 3. The molecule has 1 aliphatic rings. The zero-order chi connectivity index (χ0) is 14.8. The minimum absolute atomic E-state index is 0.0563. The summed E-state index contributed by atoms with van der Waals surface area (Å²) in [4.78, 5) is 1.36. The quantitative estimate of drug-likeness (QED) is 0.654. The van der Waals surface area contributed by atoms with Crippen LogP contribution in [0.25, 0.3) is 0 Å². The smallest absolute Gasteiger partial charge is 0.159 e. The molecule has 1 heterocycles. The number of aliphatic hydroxyl groups excluding tert-OH is 1. The summed E-state index contributed by atoms with van der Waals surface area (Å²) in [6, 6.07) is 14.7. The number of benzene rings is 2. The normalized spacial score (nSPS) is 22.8. The van der Waals surface area contributed by atoms with Crippen molar-refractivity contribution in [2.45, 2.75) is 27.1 Å². The molecule has 1 aliphatic heterocycles. The van der Waals surface area contributed by atoms with E-state index >= 15 is 0 Å². The maximum Gasteiger partial charge on any atom is 0.159 e. The highest BCUT2D eigenvalue weighted by Gasteiger charge is 2.27. The van der Waals surface area contributed by atoms with Gasteiger partial charge in [-0.3, -0.25) is 0 Å². The predicted octanol–water partition coefficient (Wildman–Crippen LogP) is 3.43. The number of alkyl halides is 1. The fraction of sp³-hybridized carbons (Fsp3) is 0.250. The number of halogens is 1. The number of rotatable bonds is 2. The maximum atomic E-state index is 12.6. The van der Waals surface area contributed by atoms with Gasteiger partial charge in [0.25, 0.3) is 0 Å². The summed E-state index contributed by atoms with van der Waals surface area (Å²) in [5.74, 6) is 0.665. The molecule has 0 spiro atoms. The van der Waals surface area contributed by atoms with E-state index in [0.29, 0.717) is 22.8 Å². The van der Waals surface area contributed by atoms with Gasteiger partial charge in [-0.25, -0.2) is 0 Å². The highest BCUT2D eigenvalue weighted by atomic mass is 79.9. The topological polar surface area (TPSA) is 52.5 Å². The first-order valence-corrected chi connectivity index (χ1v) is 8.79. The van der Waals surface area contributed by atoms with E-state index < -0.39 is 17.3 Å². The van der Waals surface area contributed by atoms with Gasteiger partial charge in [-0.05, 0) is 30.7 Å². The molecule has 3 nitrogen and oxygen atoms in total. The van der Waals surface area contributed by atoms with E-state index in [-0.39, 0.29) is 4.83 Å². The highest BCUT2D eigenvalue weighted by molar-refractivity contribution is 9.09. The van der Waals surface area contributed by atoms with Crippen molar-refractivity contribution in [1.82, 2.24) is 0 Å². The summed E-state index contributed by atoms with van der Waals surface area (Å²) in [6.45, 7) is 0.557. The Morgan fingerprint density at radius 2 is 1.90 bits per heavy atom. The predicted molar refractivity (Wildman–Crippen MR) is 85.3 cm³/mol. The Morgan fingerprint density at radius 1 is 1.14 bits per heavy atom. The van der Waals surface area contributed by atoms with Crippen molar-refractivity contribution in [3.05, 3.63) is 54.1 Å². The molecule has 5 heteroatoms. The van der Waals surface area contributed by atoms with E-state index in [0.717, 1.165) is 11.3 Å². The van der Waals surface area contributed by atoms with Crippen molar-refractivity contribution in [3.63, 3.8) is 0 Å². The van der Waals surface area contributed by atoms with Gasteiger partial charge in [0.05, 0.1) is 12.7 Å². The zero-order valence-corrected chi connectivity index (χ0v) is 13.6. The average molecular weight is 367 g/mol. The van der Waals surface area contributed by atoms with E-state index in [4.69, 9.17) is 4.74 Å². The van der Waals surface area contributed by atoms with Crippen LogP contribution in [0.5, 0.6) is 5.75 Å². The van der Waals surface area contributed by atoms with Gasteiger partial charge in [-0.2, -0.15) is 0 Å². The van der Waals surface area contributed by atoms with Crippen molar-refractivity contribution in [2.75, 3.05) is 6.61 Å². The second-order valence-electron chi connectivity index (χ2n) is 4.88. The molecule has 0 aliphatic carbocycles. The lowest BCUT2D eigenvalue weighted by molar-refractivity contribution is 0.176. The Kier molecular flexibility index (Phi) is 4.54. The first kappa shape index (κ1) is 14.9. The van der Waals surface area contributed by atoms with Gasteiger partial charge in [0.1, 0.15) is 5.75 Å².